The molecule has 0 saturated heterocycles. The molecule has 8 heteroatoms. The Balaban J connectivity index is 1.89. The predicted molar refractivity (Wildman–Crippen MR) is 119 cm³/mol. The van der Waals surface area contributed by atoms with Gasteiger partial charge in [-0.05, 0) is 37.1 Å². The monoisotopic (exact) mass is 432 g/mol. The number of unbranched alkanes of at least 4 members (excludes halogenated alkanes) is 1. The lowest BCUT2D eigenvalue weighted by Gasteiger charge is -2.15. The van der Waals surface area contributed by atoms with Crippen LogP contribution in [0.2, 0.25) is 0 Å². The van der Waals surface area contributed by atoms with Crippen molar-refractivity contribution in [1.29, 1.82) is 0 Å². The van der Waals surface area contributed by atoms with Crippen molar-refractivity contribution in [2.45, 2.75) is 46.4 Å². The minimum atomic E-state index is -2.88. The number of carbonyl (C=O) groups excluding carboxylic acids is 1. The number of alkyl halides is 2. The molecule has 0 spiro atoms. The number of benzene rings is 2. The second-order valence-corrected chi connectivity index (χ2v) is 7.08. The third-order valence-electron chi connectivity index (χ3n) is 4.59. The van der Waals surface area contributed by atoms with Gasteiger partial charge in [-0.3, -0.25) is 9.79 Å². The number of ether oxygens (including phenoxy) is 1. The molecule has 2 rings (SSSR count). The molecule has 0 aliphatic heterocycles. The van der Waals surface area contributed by atoms with Crippen LogP contribution in [0.25, 0.3) is 0 Å². The molecule has 31 heavy (non-hydrogen) atoms. The van der Waals surface area contributed by atoms with Crippen molar-refractivity contribution in [3.63, 3.8) is 0 Å². The number of aryl methyl sites for hydroxylation is 1. The summed E-state index contributed by atoms with van der Waals surface area (Å²) >= 11 is 0. The van der Waals surface area contributed by atoms with E-state index in [-0.39, 0.29) is 18.2 Å². The lowest BCUT2D eigenvalue weighted by atomic mass is 10.1. The van der Waals surface area contributed by atoms with Crippen LogP contribution in [0.5, 0.6) is 5.75 Å². The third kappa shape index (κ3) is 8.24. The van der Waals surface area contributed by atoms with Crippen LogP contribution in [0.4, 0.5) is 8.78 Å². The summed E-state index contributed by atoms with van der Waals surface area (Å²) in [6.45, 7) is 2.53. The lowest BCUT2D eigenvalue weighted by molar-refractivity contribution is -0.0504. The van der Waals surface area contributed by atoms with Crippen LogP contribution in [0.3, 0.4) is 0 Å². The Morgan fingerprint density at radius 1 is 1.06 bits per heavy atom. The average molecular weight is 433 g/mol. The molecule has 0 bridgehead atoms. The zero-order valence-corrected chi connectivity index (χ0v) is 18.2. The van der Waals surface area contributed by atoms with E-state index in [1.165, 1.54) is 6.07 Å². The van der Waals surface area contributed by atoms with Crippen molar-refractivity contribution in [3.05, 3.63) is 64.7 Å². The Morgan fingerprint density at radius 2 is 1.77 bits per heavy atom. The van der Waals surface area contributed by atoms with Gasteiger partial charge in [-0.25, -0.2) is 0 Å². The minimum Gasteiger partial charge on any atom is -0.434 e. The maximum absolute atomic E-state index is 12.6. The number of hydrogen-bond donors (Lipinski definition) is 3. The maximum atomic E-state index is 12.6. The van der Waals surface area contributed by atoms with Crippen molar-refractivity contribution >= 4 is 11.9 Å². The number of carbonyl (C=O) groups is 1. The number of halogens is 2. The molecule has 2 aromatic carbocycles. The second kappa shape index (κ2) is 12.5. The lowest BCUT2D eigenvalue weighted by Crippen LogP contribution is -2.36. The minimum absolute atomic E-state index is 0.0783. The summed E-state index contributed by atoms with van der Waals surface area (Å²) in [5.41, 5.74) is 3.15. The Kier molecular flexibility index (Phi) is 9.74. The van der Waals surface area contributed by atoms with Crippen molar-refractivity contribution in [1.82, 2.24) is 16.0 Å². The number of nitrogens with one attached hydrogen (secondary N) is 3. The Morgan fingerprint density at radius 3 is 2.42 bits per heavy atom. The number of guanidine groups is 1. The van der Waals surface area contributed by atoms with Gasteiger partial charge in [0, 0.05) is 37.8 Å². The van der Waals surface area contributed by atoms with E-state index in [0.717, 1.165) is 24.0 Å². The van der Waals surface area contributed by atoms with E-state index in [0.29, 0.717) is 30.2 Å². The van der Waals surface area contributed by atoms with E-state index in [4.69, 9.17) is 0 Å². The average Bonchev–Trinajstić information content (AvgIpc) is 2.75. The molecule has 6 nitrogen and oxygen atoms in total. The van der Waals surface area contributed by atoms with E-state index in [9.17, 15) is 13.6 Å². The van der Waals surface area contributed by atoms with E-state index in [2.05, 4.69) is 32.6 Å². The quantitative estimate of drug-likeness (QED) is 0.302. The maximum Gasteiger partial charge on any atom is 0.387 e. The molecule has 168 valence electrons. The van der Waals surface area contributed by atoms with Gasteiger partial charge in [0.2, 0.25) is 0 Å². The highest BCUT2D eigenvalue weighted by Crippen LogP contribution is 2.22. The van der Waals surface area contributed by atoms with Gasteiger partial charge in [-0.2, -0.15) is 8.78 Å². The van der Waals surface area contributed by atoms with Crippen LogP contribution in [0.1, 0.15) is 46.8 Å². The largest absolute Gasteiger partial charge is 0.434 e. The molecule has 0 aromatic heterocycles. The van der Waals surface area contributed by atoms with Crippen LogP contribution in [0.15, 0.2) is 47.5 Å². The first-order valence-electron chi connectivity index (χ1n) is 10.3. The molecular weight excluding hydrogens is 402 g/mol. The SMILES string of the molecule is CCCCNC(=O)c1ccc(CNC(=NC)NCc2cc(C)ccc2OC(F)F)cc1. The summed E-state index contributed by atoms with van der Waals surface area (Å²) in [7, 11) is 1.63. The van der Waals surface area contributed by atoms with Gasteiger partial charge in [-0.15, -0.1) is 0 Å². The summed E-state index contributed by atoms with van der Waals surface area (Å²) < 4.78 is 29.8. The summed E-state index contributed by atoms with van der Waals surface area (Å²) in [6.07, 6.45) is 1.99. The van der Waals surface area contributed by atoms with Gasteiger partial charge in [0.15, 0.2) is 5.96 Å². The van der Waals surface area contributed by atoms with Gasteiger partial charge >= 0.3 is 6.61 Å². The zero-order valence-electron chi connectivity index (χ0n) is 18.2. The van der Waals surface area contributed by atoms with Gasteiger partial charge in [0.25, 0.3) is 5.91 Å². The highest BCUT2D eigenvalue weighted by atomic mass is 19.3. The van der Waals surface area contributed by atoms with Crippen molar-refractivity contribution < 1.29 is 18.3 Å². The molecule has 0 atom stereocenters. The van der Waals surface area contributed by atoms with Crippen LogP contribution >= 0.6 is 0 Å². The fourth-order valence-electron chi connectivity index (χ4n) is 2.90. The molecular formula is C23H30F2N4O2. The highest BCUT2D eigenvalue weighted by molar-refractivity contribution is 5.94. The Bertz CT molecular complexity index is 870. The van der Waals surface area contributed by atoms with E-state index >= 15 is 0 Å². The Labute approximate surface area is 182 Å². The molecule has 1 amide bonds. The molecule has 0 aliphatic rings. The molecule has 3 N–H and O–H groups in total. The molecule has 0 fully saturated rings. The highest BCUT2D eigenvalue weighted by Gasteiger charge is 2.11. The predicted octanol–water partition coefficient (Wildman–Crippen LogP) is 3.99. The van der Waals surface area contributed by atoms with Crippen LogP contribution in [0, 0.1) is 6.92 Å². The summed E-state index contributed by atoms with van der Waals surface area (Å²) in [5.74, 6) is 0.577. The van der Waals surface area contributed by atoms with Crippen molar-refractivity contribution in [2.24, 2.45) is 4.99 Å². The number of amides is 1. The molecule has 0 saturated carbocycles. The summed E-state index contributed by atoms with van der Waals surface area (Å²) in [5, 5.41) is 9.17. The first kappa shape index (κ1) is 24.1. The first-order valence-corrected chi connectivity index (χ1v) is 10.3. The molecule has 0 aliphatic carbocycles. The Hall–Kier alpha value is -3.16. The smallest absolute Gasteiger partial charge is 0.387 e. The van der Waals surface area contributed by atoms with Crippen LogP contribution in [-0.2, 0) is 13.1 Å². The molecule has 0 heterocycles. The molecule has 2 aromatic rings. The van der Waals surface area contributed by atoms with Crippen molar-refractivity contribution in [3.8, 4) is 5.75 Å². The normalized spacial score (nSPS) is 11.4. The van der Waals surface area contributed by atoms with Crippen LogP contribution < -0.4 is 20.7 Å². The van der Waals surface area contributed by atoms with Gasteiger partial charge in [0.05, 0.1) is 0 Å². The molecule has 0 unspecified atom stereocenters. The topological polar surface area (TPSA) is 74.8 Å². The van der Waals surface area contributed by atoms with Gasteiger partial charge in [0.1, 0.15) is 5.75 Å². The van der Waals surface area contributed by atoms with E-state index in [1.807, 2.05) is 19.1 Å². The summed E-state index contributed by atoms with van der Waals surface area (Å²) in [4.78, 5) is 16.2. The van der Waals surface area contributed by atoms with Gasteiger partial charge < -0.3 is 20.7 Å². The standard InChI is InChI=1S/C23H30F2N4O2/c1-4-5-12-27-21(30)18-9-7-17(8-10-18)14-28-23(26-3)29-15-19-13-16(2)6-11-20(19)31-22(24)25/h6-11,13,22H,4-5,12,14-15H2,1-3H3,(H,27,30)(H2,26,28,29). The number of aliphatic imine (C=N–C) groups is 1. The van der Waals surface area contributed by atoms with Gasteiger partial charge in [-0.1, -0.05) is 43.2 Å². The molecule has 0 radical (unpaired) electrons. The van der Waals surface area contributed by atoms with E-state index < -0.39 is 6.61 Å². The first-order chi connectivity index (χ1) is 14.9. The van der Waals surface area contributed by atoms with E-state index in [1.54, 1.807) is 31.3 Å². The zero-order chi connectivity index (χ0) is 22.6. The fraction of sp³-hybridized carbons (Fsp3) is 0.391. The summed E-state index contributed by atoms with van der Waals surface area (Å²) in [6, 6.07) is 12.4. The van der Waals surface area contributed by atoms with Crippen molar-refractivity contribution in [2.75, 3.05) is 13.6 Å². The number of nitrogens with zero attached hydrogens (tertiary/aromatic N) is 1. The number of hydrogen-bond acceptors (Lipinski definition) is 3. The van der Waals surface area contributed by atoms with Crippen LogP contribution in [-0.4, -0.2) is 32.1 Å². The fourth-order valence-corrected chi connectivity index (χ4v) is 2.90. The second-order valence-electron chi connectivity index (χ2n) is 7.08. The third-order valence-corrected chi connectivity index (χ3v) is 4.59. The number of rotatable bonds is 10.